The molecule has 0 saturated carbocycles. The van der Waals surface area contributed by atoms with Gasteiger partial charge < -0.3 is 19.5 Å². The molecule has 0 aliphatic carbocycles. The third-order valence-electron chi connectivity index (χ3n) is 4.48. The number of halogens is 3. The molecule has 0 aromatic heterocycles. The van der Waals surface area contributed by atoms with Gasteiger partial charge in [-0.05, 0) is 42.7 Å². The van der Waals surface area contributed by atoms with Gasteiger partial charge in [0, 0.05) is 29.7 Å². The van der Waals surface area contributed by atoms with Crippen LogP contribution in [0.25, 0.3) is 0 Å². The van der Waals surface area contributed by atoms with Crippen LogP contribution in [0.2, 0.25) is 5.02 Å². The average Bonchev–Trinajstić information content (AvgIpc) is 3.16. The third-order valence-corrected chi connectivity index (χ3v) is 5.57. The van der Waals surface area contributed by atoms with Crippen molar-refractivity contribution in [2.24, 2.45) is 0 Å². The Kier molecular flexibility index (Phi) is 7.35. The fourth-order valence-corrected chi connectivity index (χ4v) is 3.66. The van der Waals surface area contributed by atoms with E-state index in [2.05, 4.69) is 21.2 Å². The van der Waals surface area contributed by atoms with Crippen molar-refractivity contribution in [3.8, 4) is 11.5 Å². The van der Waals surface area contributed by atoms with E-state index in [1.165, 1.54) is 6.07 Å². The highest BCUT2D eigenvalue weighted by molar-refractivity contribution is 9.10. The normalized spacial score (nSPS) is 16.5. The van der Waals surface area contributed by atoms with Crippen LogP contribution in [0.3, 0.4) is 0 Å². The van der Waals surface area contributed by atoms with Crippen LogP contribution >= 0.6 is 27.5 Å². The Labute approximate surface area is 172 Å². The average molecular weight is 459 g/mol. The first-order chi connectivity index (χ1) is 13.1. The molecule has 1 saturated heterocycles. The molecule has 1 heterocycles. The zero-order valence-electron chi connectivity index (χ0n) is 15.1. The minimum absolute atomic E-state index is 0.0188. The Morgan fingerprint density at radius 2 is 2.19 bits per heavy atom. The highest BCUT2D eigenvalue weighted by Crippen LogP contribution is 2.34. The van der Waals surface area contributed by atoms with E-state index in [-0.39, 0.29) is 6.61 Å². The molecule has 1 fully saturated rings. The molecular formula is C20H22BrClFNO3. The largest absolute Gasteiger partial charge is 0.493 e. The molecule has 146 valence electrons. The molecule has 1 unspecified atom stereocenters. The number of nitrogens with one attached hydrogen (secondary N) is 1. The molecule has 27 heavy (non-hydrogen) atoms. The first-order valence-electron chi connectivity index (χ1n) is 8.83. The van der Waals surface area contributed by atoms with Gasteiger partial charge >= 0.3 is 0 Å². The van der Waals surface area contributed by atoms with Crippen LogP contribution < -0.4 is 14.8 Å². The van der Waals surface area contributed by atoms with Crippen molar-refractivity contribution in [3.63, 3.8) is 0 Å². The topological polar surface area (TPSA) is 39.7 Å². The van der Waals surface area contributed by atoms with Crippen molar-refractivity contribution in [2.45, 2.75) is 32.1 Å². The van der Waals surface area contributed by atoms with Gasteiger partial charge in [-0.15, -0.1) is 0 Å². The monoisotopic (exact) mass is 457 g/mol. The van der Waals surface area contributed by atoms with Gasteiger partial charge in [0.05, 0.1) is 18.2 Å². The molecular weight excluding hydrogens is 437 g/mol. The predicted octanol–water partition coefficient (Wildman–Crippen LogP) is 5.10. The summed E-state index contributed by atoms with van der Waals surface area (Å²) in [5, 5.41) is 3.75. The molecule has 2 aromatic carbocycles. The maximum atomic E-state index is 13.9. The molecule has 0 amide bonds. The van der Waals surface area contributed by atoms with Gasteiger partial charge in [-0.25, -0.2) is 4.39 Å². The van der Waals surface area contributed by atoms with E-state index >= 15 is 0 Å². The van der Waals surface area contributed by atoms with Crippen LogP contribution in [-0.4, -0.2) is 26.4 Å². The van der Waals surface area contributed by atoms with Crippen molar-refractivity contribution in [1.29, 1.82) is 0 Å². The van der Waals surface area contributed by atoms with Gasteiger partial charge in [0.15, 0.2) is 11.5 Å². The third kappa shape index (κ3) is 5.35. The first kappa shape index (κ1) is 20.4. The van der Waals surface area contributed by atoms with Gasteiger partial charge in [0.2, 0.25) is 0 Å². The Balaban J connectivity index is 1.66. The van der Waals surface area contributed by atoms with Crippen LogP contribution in [0.5, 0.6) is 11.5 Å². The second-order valence-electron chi connectivity index (χ2n) is 6.35. The smallest absolute Gasteiger partial charge is 0.162 e. The van der Waals surface area contributed by atoms with E-state index in [1.807, 2.05) is 12.1 Å². The number of hydrogen-bond donors (Lipinski definition) is 1. The molecule has 0 bridgehead atoms. The van der Waals surface area contributed by atoms with E-state index in [9.17, 15) is 4.39 Å². The zero-order valence-corrected chi connectivity index (χ0v) is 17.4. The minimum atomic E-state index is -0.393. The number of methoxy groups -OCH3 is 1. The van der Waals surface area contributed by atoms with Crippen LogP contribution in [0.4, 0.5) is 4.39 Å². The molecule has 4 nitrogen and oxygen atoms in total. The SMILES string of the molecule is COc1cc(CNCC2CCCO2)c(Br)cc1OCc1c(F)cccc1Cl. The Hall–Kier alpha value is -1.34. The highest BCUT2D eigenvalue weighted by Gasteiger charge is 2.16. The molecule has 3 rings (SSSR count). The van der Waals surface area contributed by atoms with Crippen molar-refractivity contribution in [3.05, 3.63) is 56.8 Å². The summed E-state index contributed by atoms with van der Waals surface area (Å²) in [7, 11) is 1.58. The molecule has 0 spiro atoms. The summed E-state index contributed by atoms with van der Waals surface area (Å²) in [4.78, 5) is 0. The lowest BCUT2D eigenvalue weighted by Gasteiger charge is -2.16. The van der Waals surface area contributed by atoms with Crippen molar-refractivity contribution >= 4 is 27.5 Å². The fraction of sp³-hybridized carbons (Fsp3) is 0.400. The first-order valence-corrected chi connectivity index (χ1v) is 10.00. The summed E-state index contributed by atoms with van der Waals surface area (Å²) in [6.45, 7) is 2.36. The van der Waals surface area contributed by atoms with Crippen LogP contribution in [0, 0.1) is 5.82 Å². The summed E-state index contributed by atoms with van der Waals surface area (Å²) in [5.74, 6) is 0.710. The summed E-state index contributed by atoms with van der Waals surface area (Å²) in [6.07, 6.45) is 2.52. The fourth-order valence-electron chi connectivity index (χ4n) is 2.98. The predicted molar refractivity (Wildman–Crippen MR) is 107 cm³/mol. The van der Waals surface area contributed by atoms with Crippen molar-refractivity contribution in [2.75, 3.05) is 20.3 Å². The summed E-state index contributed by atoms with van der Waals surface area (Å²) in [5.41, 5.74) is 1.36. The van der Waals surface area contributed by atoms with E-state index in [4.69, 9.17) is 25.8 Å². The molecule has 0 radical (unpaired) electrons. The zero-order chi connectivity index (χ0) is 19.2. The molecule has 1 aliphatic rings. The van der Waals surface area contributed by atoms with Gasteiger partial charge in [-0.2, -0.15) is 0 Å². The van der Waals surface area contributed by atoms with Gasteiger partial charge in [-0.3, -0.25) is 0 Å². The van der Waals surface area contributed by atoms with E-state index in [0.29, 0.717) is 34.7 Å². The van der Waals surface area contributed by atoms with E-state index in [1.54, 1.807) is 19.2 Å². The van der Waals surface area contributed by atoms with Gasteiger partial charge in [0.1, 0.15) is 12.4 Å². The Morgan fingerprint density at radius 3 is 2.89 bits per heavy atom. The maximum Gasteiger partial charge on any atom is 0.162 e. The Morgan fingerprint density at radius 1 is 1.33 bits per heavy atom. The molecule has 1 N–H and O–H groups in total. The molecule has 2 aromatic rings. The molecule has 1 aliphatic heterocycles. The van der Waals surface area contributed by atoms with Crippen LogP contribution in [0.15, 0.2) is 34.8 Å². The van der Waals surface area contributed by atoms with E-state index in [0.717, 1.165) is 36.0 Å². The standard InChI is InChI=1S/C20H22BrClFNO3/c1-25-19-8-13(10-24-11-14-4-3-7-26-14)16(21)9-20(19)27-12-15-17(22)5-2-6-18(15)23/h2,5-6,8-9,14,24H,3-4,7,10-12H2,1H3. The van der Waals surface area contributed by atoms with Crippen molar-refractivity contribution in [1.82, 2.24) is 5.32 Å². The summed E-state index contributed by atoms with van der Waals surface area (Å²) >= 11 is 9.63. The molecule has 7 heteroatoms. The minimum Gasteiger partial charge on any atom is -0.493 e. The highest BCUT2D eigenvalue weighted by atomic mass is 79.9. The summed E-state index contributed by atoms with van der Waals surface area (Å²) in [6, 6.07) is 8.30. The maximum absolute atomic E-state index is 13.9. The number of benzene rings is 2. The van der Waals surface area contributed by atoms with Crippen molar-refractivity contribution < 1.29 is 18.6 Å². The lowest BCUT2D eigenvalue weighted by atomic mass is 10.2. The van der Waals surface area contributed by atoms with E-state index < -0.39 is 5.82 Å². The number of rotatable bonds is 8. The second kappa shape index (κ2) is 9.73. The molecule has 1 atom stereocenters. The second-order valence-corrected chi connectivity index (χ2v) is 7.61. The van der Waals surface area contributed by atoms with Gasteiger partial charge in [0.25, 0.3) is 0 Å². The lowest BCUT2D eigenvalue weighted by molar-refractivity contribution is 0.110. The van der Waals surface area contributed by atoms with Gasteiger partial charge in [-0.1, -0.05) is 33.6 Å². The van der Waals surface area contributed by atoms with Crippen LogP contribution in [-0.2, 0) is 17.9 Å². The number of hydrogen-bond acceptors (Lipinski definition) is 4. The summed E-state index contributed by atoms with van der Waals surface area (Å²) < 4.78 is 31.7. The number of ether oxygens (including phenoxy) is 3. The van der Waals surface area contributed by atoms with Crippen LogP contribution in [0.1, 0.15) is 24.0 Å². The quantitative estimate of drug-likeness (QED) is 0.597. The Bertz CT molecular complexity index is 764. The lowest BCUT2D eigenvalue weighted by Crippen LogP contribution is -2.25.